The zero-order valence-corrected chi connectivity index (χ0v) is 8.95. The van der Waals surface area contributed by atoms with Gasteiger partial charge in [0.15, 0.2) is 0 Å². The number of alkyl halides is 1. The van der Waals surface area contributed by atoms with E-state index in [0.29, 0.717) is 6.61 Å². The summed E-state index contributed by atoms with van der Waals surface area (Å²) < 4.78 is 10.9. The van der Waals surface area contributed by atoms with Gasteiger partial charge in [-0.15, -0.1) is 0 Å². The van der Waals surface area contributed by atoms with Gasteiger partial charge in [-0.25, -0.2) is 0 Å². The Hall–Kier alpha value is -0.540. The maximum Gasteiger partial charge on any atom is 0.125 e. The molecule has 0 saturated carbocycles. The first-order valence-electron chi connectivity index (χ1n) is 4.21. The van der Waals surface area contributed by atoms with E-state index in [-0.39, 0.29) is 10.9 Å². The van der Waals surface area contributed by atoms with Crippen molar-refractivity contribution >= 4 is 15.9 Å². The number of methoxy groups -OCH3 is 1. The molecule has 0 amide bonds. The molecule has 2 nitrogen and oxygen atoms in total. The zero-order valence-electron chi connectivity index (χ0n) is 7.37. The lowest BCUT2D eigenvalue weighted by molar-refractivity contribution is 0.0716. The topological polar surface area (TPSA) is 18.5 Å². The highest BCUT2D eigenvalue weighted by Crippen LogP contribution is 2.36. The van der Waals surface area contributed by atoms with Crippen molar-refractivity contribution in [3.63, 3.8) is 0 Å². The van der Waals surface area contributed by atoms with Gasteiger partial charge >= 0.3 is 0 Å². The van der Waals surface area contributed by atoms with E-state index in [4.69, 9.17) is 9.47 Å². The van der Waals surface area contributed by atoms with Gasteiger partial charge in [0.1, 0.15) is 18.5 Å². The van der Waals surface area contributed by atoms with Crippen LogP contribution in [-0.2, 0) is 4.74 Å². The molecular formula is C10H11BrO2. The summed E-state index contributed by atoms with van der Waals surface area (Å²) in [5, 5.41) is 0. The Balaban J connectivity index is 2.39. The van der Waals surface area contributed by atoms with Crippen LogP contribution in [0.2, 0.25) is 0 Å². The largest absolute Gasteiger partial charge is 0.492 e. The summed E-state index contributed by atoms with van der Waals surface area (Å²) in [6.07, 6.45) is 0.102. The Bertz CT molecular complexity index is 301. The van der Waals surface area contributed by atoms with Gasteiger partial charge in [-0.3, -0.25) is 0 Å². The van der Waals surface area contributed by atoms with E-state index in [1.165, 1.54) is 0 Å². The van der Waals surface area contributed by atoms with Crippen LogP contribution < -0.4 is 4.74 Å². The van der Waals surface area contributed by atoms with Crippen molar-refractivity contribution in [2.24, 2.45) is 0 Å². The van der Waals surface area contributed by atoms with E-state index in [1.807, 2.05) is 24.3 Å². The summed E-state index contributed by atoms with van der Waals surface area (Å²) in [7, 11) is 1.72. The van der Waals surface area contributed by atoms with Crippen LogP contribution in [0.1, 0.15) is 11.7 Å². The summed E-state index contributed by atoms with van der Waals surface area (Å²) in [6.45, 7) is 0.662. The van der Waals surface area contributed by atoms with E-state index in [0.717, 1.165) is 11.3 Å². The first kappa shape index (κ1) is 9.03. The second kappa shape index (κ2) is 3.68. The lowest BCUT2D eigenvalue weighted by Gasteiger charge is -2.28. The molecule has 0 N–H and O–H groups in total. The van der Waals surface area contributed by atoms with Gasteiger partial charge in [-0.2, -0.15) is 0 Å². The fourth-order valence-corrected chi connectivity index (χ4v) is 2.21. The molecule has 0 fully saturated rings. The summed E-state index contributed by atoms with van der Waals surface area (Å²) in [5.41, 5.74) is 1.12. The molecule has 1 heterocycles. The Kier molecular flexibility index (Phi) is 2.56. The molecule has 70 valence electrons. The highest BCUT2D eigenvalue weighted by Gasteiger charge is 2.28. The SMILES string of the molecule is CO[C@H]1c2ccccc2OC[C@@H]1Br. The maximum atomic E-state index is 5.54. The van der Waals surface area contributed by atoms with E-state index in [1.54, 1.807) is 7.11 Å². The molecule has 0 saturated heterocycles. The van der Waals surface area contributed by atoms with Crippen LogP contribution in [-0.4, -0.2) is 18.5 Å². The van der Waals surface area contributed by atoms with Crippen LogP contribution in [0.15, 0.2) is 24.3 Å². The zero-order chi connectivity index (χ0) is 9.26. The Labute approximate surface area is 86.0 Å². The third kappa shape index (κ3) is 1.58. The number of para-hydroxylation sites is 1. The van der Waals surface area contributed by atoms with Crippen LogP contribution in [0.4, 0.5) is 0 Å². The van der Waals surface area contributed by atoms with Crippen molar-refractivity contribution in [1.29, 1.82) is 0 Å². The molecule has 13 heavy (non-hydrogen) atoms. The molecule has 2 rings (SSSR count). The number of rotatable bonds is 1. The molecule has 1 aliphatic heterocycles. The second-order valence-corrected chi connectivity index (χ2v) is 4.20. The monoisotopic (exact) mass is 242 g/mol. The lowest BCUT2D eigenvalue weighted by Crippen LogP contribution is -2.27. The Morgan fingerprint density at radius 1 is 1.46 bits per heavy atom. The standard InChI is InChI=1S/C10H11BrO2/c1-12-10-7-4-2-3-5-9(7)13-6-8(10)11/h2-5,8,10H,6H2,1H3/t8-,10-/m0/s1. The van der Waals surface area contributed by atoms with Crippen molar-refractivity contribution in [2.45, 2.75) is 10.9 Å². The fraction of sp³-hybridized carbons (Fsp3) is 0.400. The third-order valence-electron chi connectivity index (χ3n) is 2.21. The summed E-state index contributed by atoms with van der Waals surface area (Å²) in [6, 6.07) is 7.98. The minimum absolute atomic E-state index is 0.102. The second-order valence-electron chi connectivity index (χ2n) is 3.02. The average Bonchev–Trinajstić information content (AvgIpc) is 2.18. The van der Waals surface area contributed by atoms with Crippen molar-refractivity contribution in [3.8, 4) is 5.75 Å². The maximum absolute atomic E-state index is 5.54. The van der Waals surface area contributed by atoms with Gasteiger partial charge in [0, 0.05) is 12.7 Å². The molecule has 3 heteroatoms. The van der Waals surface area contributed by atoms with Crippen molar-refractivity contribution in [3.05, 3.63) is 29.8 Å². The fourth-order valence-electron chi connectivity index (χ4n) is 1.57. The van der Waals surface area contributed by atoms with Gasteiger partial charge in [-0.1, -0.05) is 34.1 Å². The molecule has 1 aliphatic rings. The summed E-state index contributed by atoms with van der Waals surface area (Å²) in [5.74, 6) is 0.935. The van der Waals surface area contributed by atoms with Crippen molar-refractivity contribution in [1.82, 2.24) is 0 Å². The van der Waals surface area contributed by atoms with Gasteiger partial charge in [0.2, 0.25) is 0 Å². The Morgan fingerprint density at radius 3 is 3.00 bits per heavy atom. The highest BCUT2D eigenvalue weighted by molar-refractivity contribution is 9.09. The van der Waals surface area contributed by atoms with E-state index in [9.17, 15) is 0 Å². The van der Waals surface area contributed by atoms with Crippen LogP contribution in [0.25, 0.3) is 0 Å². The van der Waals surface area contributed by atoms with Gasteiger partial charge < -0.3 is 9.47 Å². The number of benzene rings is 1. The van der Waals surface area contributed by atoms with Crippen LogP contribution in [0.3, 0.4) is 0 Å². The van der Waals surface area contributed by atoms with Gasteiger partial charge in [0.05, 0.1) is 4.83 Å². The molecule has 0 aliphatic carbocycles. The normalized spacial score (nSPS) is 26.3. The first-order valence-corrected chi connectivity index (χ1v) is 5.13. The van der Waals surface area contributed by atoms with Gasteiger partial charge in [-0.05, 0) is 6.07 Å². The molecule has 0 aromatic heterocycles. The molecule has 2 atom stereocenters. The number of ether oxygens (including phenoxy) is 2. The number of hydrogen-bond donors (Lipinski definition) is 0. The minimum atomic E-state index is 0.102. The summed E-state index contributed by atoms with van der Waals surface area (Å²) in [4.78, 5) is 0.243. The smallest absolute Gasteiger partial charge is 0.125 e. The Morgan fingerprint density at radius 2 is 2.23 bits per heavy atom. The molecule has 1 aromatic carbocycles. The highest BCUT2D eigenvalue weighted by atomic mass is 79.9. The van der Waals surface area contributed by atoms with Gasteiger partial charge in [0.25, 0.3) is 0 Å². The van der Waals surface area contributed by atoms with Crippen LogP contribution >= 0.6 is 15.9 Å². The molecule has 0 unspecified atom stereocenters. The average molecular weight is 243 g/mol. The molecular weight excluding hydrogens is 232 g/mol. The minimum Gasteiger partial charge on any atom is -0.492 e. The predicted molar refractivity (Wildman–Crippen MR) is 54.4 cm³/mol. The van der Waals surface area contributed by atoms with E-state index in [2.05, 4.69) is 15.9 Å². The predicted octanol–water partition coefficient (Wildman–Crippen LogP) is 2.53. The first-order chi connectivity index (χ1) is 6.33. The quantitative estimate of drug-likeness (QED) is 0.705. The number of halogens is 1. The molecule has 0 radical (unpaired) electrons. The molecule has 0 spiro atoms. The lowest BCUT2D eigenvalue weighted by atomic mass is 10.0. The van der Waals surface area contributed by atoms with E-state index >= 15 is 0 Å². The van der Waals surface area contributed by atoms with Crippen LogP contribution in [0.5, 0.6) is 5.75 Å². The van der Waals surface area contributed by atoms with Crippen LogP contribution in [0, 0.1) is 0 Å². The molecule has 0 bridgehead atoms. The third-order valence-corrected chi connectivity index (χ3v) is 2.95. The number of fused-ring (bicyclic) bond motifs is 1. The van der Waals surface area contributed by atoms with Crippen molar-refractivity contribution < 1.29 is 9.47 Å². The number of hydrogen-bond acceptors (Lipinski definition) is 2. The molecule has 1 aromatic rings. The van der Waals surface area contributed by atoms with E-state index < -0.39 is 0 Å². The van der Waals surface area contributed by atoms with Crippen molar-refractivity contribution in [2.75, 3.05) is 13.7 Å². The summed E-state index contributed by atoms with van der Waals surface area (Å²) >= 11 is 3.53.